The Morgan fingerprint density at radius 1 is 1.18 bits per heavy atom. The zero-order chi connectivity index (χ0) is 23.8. The Bertz CT molecular complexity index is 1140. The minimum atomic E-state index is -1.26. The first-order valence-electron chi connectivity index (χ1n) is 10.8. The minimum absolute atomic E-state index is 0.166. The van der Waals surface area contributed by atoms with Crippen molar-refractivity contribution in [2.75, 3.05) is 23.3 Å². The number of nitro benzene ring substituents is 1. The first-order valence-corrected chi connectivity index (χ1v) is 10.8. The molecule has 0 spiro atoms. The highest BCUT2D eigenvalue weighted by atomic mass is 16.6. The van der Waals surface area contributed by atoms with Gasteiger partial charge in [-0.15, -0.1) is 0 Å². The molecule has 1 atom stereocenters. The Morgan fingerprint density at radius 2 is 1.91 bits per heavy atom. The third-order valence-electron chi connectivity index (χ3n) is 6.30. The number of carbonyl (C=O) groups excluding carboxylic acids is 3. The van der Waals surface area contributed by atoms with Gasteiger partial charge >= 0.3 is 6.03 Å². The Hall–Kier alpha value is -3.95. The third-order valence-corrected chi connectivity index (χ3v) is 6.30. The van der Waals surface area contributed by atoms with Crippen LogP contribution in [0.15, 0.2) is 42.5 Å². The average molecular weight is 451 g/mol. The van der Waals surface area contributed by atoms with E-state index in [1.54, 1.807) is 37.3 Å². The molecule has 0 saturated carbocycles. The van der Waals surface area contributed by atoms with Crippen molar-refractivity contribution in [3.05, 3.63) is 63.7 Å². The molecule has 2 heterocycles. The van der Waals surface area contributed by atoms with E-state index in [0.29, 0.717) is 22.9 Å². The number of imide groups is 1. The van der Waals surface area contributed by atoms with Gasteiger partial charge in [0.15, 0.2) is 0 Å². The summed E-state index contributed by atoms with van der Waals surface area (Å²) in [6.45, 7) is 5.29. The lowest BCUT2D eigenvalue weighted by Crippen LogP contribution is -2.40. The highest BCUT2D eigenvalue weighted by Gasteiger charge is 2.43. The maximum atomic E-state index is 13.2. The van der Waals surface area contributed by atoms with Gasteiger partial charge < -0.3 is 15.5 Å². The molecule has 0 aromatic heterocycles. The van der Waals surface area contributed by atoms with Gasteiger partial charge in [-0.3, -0.25) is 25.0 Å². The van der Waals surface area contributed by atoms with Gasteiger partial charge in [0.05, 0.1) is 16.2 Å². The number of nitro groups is 1. The molecular formula is C23H25N5O5. The van der Waals surface area contributed by atoms with Crippen LogP contribution in [-0.2, 0) is 10.3 Å². The summed E-state index contributed by atoms with van der Waals surface area (Å²) in [6.07, 6.45) is 1.96. The van der Waals surface area contributed by atoms with Crippen molar-refractivity contribution in [2.45, 2.75) is 32.2 Å². The topological polar surface area (TPSA) is 134 Å². The van der Waals surface area contributed by atoms with E-state index in [4.69, 9.17) is 0 Å². The molecular weight excluding hydrogens is 426 g/mol. The van der Waals surface area contributed by atoms with Crippen LogP contribution in [0.1, 0.15) is 42.6 Å². The molecule has 0 bridgehead atoms. The average Bonchev–Trinajstić information content (AvgIpc) is 3.06. The predicted octanol–water partition coefficient (Wildman–Crippen LogP) is 3.14. The molecule has 172 valence electrons. The van der Waals surface area contributed by atoms with E-state index in [1.807, 2.05) is 0 Å². The molecule has 4 rings (SSSR count). The summed E-state index contributed by atoms with van der Waals surface area (Å²) in [5.74, 6) is -0.389. The van der Waals surface area contributed by atoms with Crippen LogP contribution in [0.25, 0.3) is 0 Å². The van der Waals surface area contributed by atoms with Crippen molar-refractivity contribution in [3.63, 3.8) is 0 Å². The lowest BCUT2D eigenvalue weighted by atomic mass is 9.92. The number of amides is 4. The van der Waals surface area contributed by atoms with E-state index in [-0.39, 0.29) is 11.3 Å². The van der Waals surface area contributed by atoms with Gasteiger partial charge in [-0.1, -0.05) is 19.1 Å². The zero-order valence-electron chi connectivity index (χ0n) is 18.4. The quantitative estimate of drug-likeness (QED) is 0.363. The molecule has 10 nitrogen and oxygen atoms in total. The van der Waals surface area contributed by atoms with E-state index in [2.05, 4.69) is 27.8 Å². The van der Waals surface area contributed by atoms with Gasteiger partial charge in [0.2, 0.25) is 0 Å². The lowest BCUT2D eigenvalue weighted by molar-refractivity contribution is -0.384. The third kappa shape index (κ3) is 4.36. The second kappa shape index (κ2) is 8.53. The van der Waals surface area contributed by atoms with Gasteiger partial charge in [-0.2, -0.15) is 0 Å². The van der Waals surface area contributed by atoms with Crippen molar-refractivity contribution in [1.29, 1.82) is 0 Å². The van der Waals surface area contributed by atoms with Crippen molar-refractivity contribution in [3.8, 4) is 0 Å². The number of benzene rings is 2. The minimum Gasteiger partial charge on any atom is -0.371 e. The number of nitrogens with one attached hydrogen (secondary N) is 3. The van der Waals surface area contributed by atoms with Gasteiger partial charge in [0.25, 0.3) is 17.5 Å². The molecule has 2 fully saturated rings. The number of carbonyl (C=O) groups is 3. The fourth-order valence-electron chi connectivity index (χ4n) is 4.20. The van der Waals surface area contributed by atoms with Crippen molar-refractivity contribution < 1.29 is 19.3 Å². The van der Waals surface area contributed by atoms with Gasteiger partial charge in [0, 0.05) is 30.9 Å². The number of piperidine rings is 1. The number of rotatable bonds is 5. The first-order chi connectivity index (χ1) is 15.7. The zero-order valence-corrected chi connectivity index (χ0v) is 18.4. The molecule has 10 heteroatoms. The van der Waals surface area contributed by atoms with E-state index < -0.39 is 28.3 Å². The molecule has 3 N–H and O–H groups in total. The maximum Gasteiger partial charge on any atom is 0.322 e. The molecule has 2 aromatic carbocycles. The Labute approximate surface area is 190 Å². The van der Waals surface area contributed by atoms with E-state index in [0.717, 1.165) is 25.9 Å². The maximum absolute atomic E-state index is 13.2. The molecule has 1 unspecified atom stereocenters. The number of non-ortho nitro benzene ring substituents is 1. The van der Waals surface area contributed by atoms with E-state index in [1.165, 1.54) is 12.1 Å². The SMILES string of the molecule is CC1CCN(c2ccc([N+](=O)[O-])cc2C(=O)Nc2cccc(C3(C)NC(=O)NC3=O)c2)CC1. The molecule has 0 aliphatic carbocycles. The van der Waals surface area contributed by atoms with Crippen LogP contribution in [0, 0.1) is 16.0 Å². The molecule has 4 amide bonds. The molecule has 2 aliphatic heterocycles. The van der Waals surface area contributed by atoms with Gasteiger partial charge in [0.1, 0.15) is 5.54 Å². The van der Waals surface area contributed by atoms with Crippen LogP contribution in [0.3, 0.4) is 0 Å². The Kier molecular flexibility index (Phi) is 5.75. The van der Waals surface area contributed by atoms with Gasteiger partial charge in [-0.25, -0.2) is 4.79 Å². The van der Waals surface area contributed by atoms with Gasteiger partial charge in [-0.05, 0) is 49.4 Å². The van der Waals surface area contributed by atoms with Crippen LogP contribution in [0.5, 0.6) is 0 Å². The number of hydrogen-bond acceptors (Lipinski definition) is 6. The van der Waals surface area contributed by atoms with Crippen LogP contribution >= 0.6 is 0 Å². The molecule has 2 aliphatic rings. The number of hydrogen-bond donors (Lipinski definition) is 3. The van der Waals surface area contributed by atoms with Crippen LogP contribution < -0.4 is 20.9 Å². The molecule has 2 aromatic rings. The summed E-state index contributed by atoms with van der Waals surface area (Å²) in [6, 6.07) is 10.3. The summed E-state index contributed by atoms with van der Waals surface area (Å²) in [5, 5.41) is 18.9. The molecule has 33 heavy (non-hydrogen) atoms. The summed E-state index contributed by atoms with van der Waals surface area (Å²) >= 11 is 0. The summed E-state index contributed by atoms with van der Waals surface area (Å²) in [7, 11) is 0. The second-order valence-electron chi connectivity index (χ2n) is 8.70. The van der Waals surface area contributed by atoms with Crippen LogP contribution in [0.4, 0.5) is 21.9 Å². The smallest absolute Gasteiger partial charge is 0.322 e. The largest absolute Gasteiger partial charge is 0.371 e. The highest BCUT2D eigenvalue weighted by molar-refractivity contribution is 6.09. The van der Waals surface area contributed by atoms with Crippen molar-refractivity contribution >= 4 is 34.9 Å². The standard InChI is InChI=1S/C23H25N5O5/c1-14-8-10-27(11-9-14)19-7-6-17(28(32)33)13-18(19)20(29)24-16-5-3-4-15(12-16)23(2)21(30)25-22(31)26-23/h3-7,12-14H,8-11H2,1-2H3,(H,24,29)(H2,25,26,30,31). The highest BCUT2D eigenvalue weighted by Crippen LogP contribution is 2.31. The Morgan fingerprint density at radius 3 is 2.55 bits per heavy atom. The number of nitrogens with zero attached hydrogens (tertiary/aromatic N) is 2. The van der Waals surface area contributed by atoms with E-state index >= 15 is 0 Å². The second-order valence-corrected chi connectivity index (χ2v) is 8.70. The fraction of sp³-hybridized carbons (Fsp3) is 0.348. The van der Waals surface area contributed by atoms with Crippen molar-refractivity contribution in [1.82, 2.24) is 10.6 Å². The van der Waals surface area contributed by atoms with Crippen LogP contribution in [0.2, 0.25) is 0 Å². The molecule has 2 saturated heterocycles. The normalized spacial score (nSPS) is 20.8. The number of anilines is 2. The van der Waals surface area contributed by atoms with Crippen molar-refractivity contribution in [2.24, 2.45) is 5.92 Å². The summed E-state index contributed by atoms with van der Waals surface area (Å²) in [4.78, 5) is 50.0. The predicted molar refractivity (Wildman–Crippen MR) is 122 cm³/mol. The lowest BCUT2D eigenvalue weighted by Gasteiger charge is -2.33. The van der Waals surface area contributed by atoms with E-state index in [9.17, 15) is 24.5 Å². The number of urea groups is 1. The summed E-state index contributed by atoms with van der Waals surface area (Å²) in [5.41, 5.74) is 0.322. The fourth-order valence-corrected chi connectivity index (χ4v) is 4.20. The Balaban J connectivity index is 1.63. The molecule has 0 radical (unpaired) electrons. The first kappa shape index (κ1) is 22.3. The monoisotopic (exact) mass is 451 g/mol. The summed E-state index contributed by atoms with van der Waals surface area (Å²) < 4.78 is 0. The van der Waals surface area contributed by atoms with Crippen LogP contribution in [-0.4, -0.2) is 35.9 Å².